The van der Waals surface area contributed by atoms with E-state index < -0.39 is 12.0 Å². The van der Waals surface area contributed by atoms with Gasteiger partial charge in [0.1, 0.15) is 0 Å². The third kappa shape index (κ3) is 4.93. The fourth-order valence-corrected chi connectivity index (χ4v) is 3.60. The van der Waals surface area contributed by atoms with Crippen molar-refractivity contribution in [3.63, 3.8) is 0 Å². The van der Waals surface area contributed by atoms with Crippen LogP contribution in [0.25, 0.3) is 0 Å². The van der Waals surface area contributed by atoms with Crippen molar-refractivity contribution < 1.29 is 14.7 Å². The van der Waals surface area contributed by atoms with Crippen LogP contribution in [0, 0.1) is 5.92 Å². The predicted molar refractivity (Wildman–Crippen MR) is 84.6 cm³/mol. The van der Waals surface area contributed by atoms with Gasteiger partial charge in [0.15, 0.2) is 0 Å². The summed E-state index contributed by atoms with van der Waals surface area (Å²) in [6, 6.07) is 6.41. The van der Waals surface area contributed by atoms with Crippen molar-refractivity contribution in [2.24, 2.45) is 5.92 Å². The molecule has 1 aromatic carbocycles. The molecule has 1 heterocycles. The van der Waals surface area contributed by atoms with Crippen LogP contribution in [-0.4, -0.2) is 28.5 Å². The summed E-state index contributed by atoms with van der Waals surface area (Å²) in [4.78, 5) is 23.3. The van der Waals surface area contributed by atoms with Crippen molar-refractivity contribution >= 4 is 35.2 Å². The van der Waals surface area contributed by atoms with E-state index in [2.05, 4.69) is 5.32 Å². The van der Waals surface area contributed by atoms with Crippen LogP contribution < -0.4 is 5.32 Å². The first-order valence-electron chi connectivity index (χ1n) is 6.91. The zero-order valence-corrected chi connectivity index (χ0v) is 13.1. The van der Waals surface area contributed by atoms with Gasteiger partial charge >= 0.3 is 5.97 Å². The largest absolute Gasteiger partial charge is 0.481 e. The second-order valence-corrected chi connectivity index (χ2v) is 6.76. The van der Waals surface area contributed by atoms with Gasteiger partial charge in [-0.2, -0.15) is 11.8 Å². The van der Waals surface area contributed by atoms with E-state index in [0.717, 1.165) is 29.9 Å². The Kier molecular flexibility index (Phi) is 5.94. The number of amides is 1. The van der Waals surface area contributed by atoms with E-state index in [1.807, 2.05) is 11.8 Å². The lowest BCUT2D eigenvalue weighted by molar-refractivity contribution is -0.138. The van der Waals surface area contributed by atoms with E-state index >= 15 is 0 Å². The van der Waals surface area contributed by atoms with Crippen LogP contribution in [0.3, 0.4) is 0 Å². The molecule has 21 heavy (non-hydrogen) atoms. The van der Waals surface area contributed by atoms with Crippen LogP contribution >= 0.6 is 23.4 Å². The monoisotopic (exact) mass is 327 g/mol. The second-order valence-electron chi connectivity index (χ2n) is 5.10. The van der Waals surface area contributed by atoms with Crippen LogP contribution in [0.5, 0.6) is 0 Å². The minimum Gasteiger partial charge on any atom is -0.481 e. The van der Waals surface area contributed by atoms with E-state index in [1.54, 1.807) is 24.3 Å². The normalized spacial score (nSPS) is 17.2. The Morgan fingerprint density at radius 3 is 2.48 bits per heavy atom. The summed E-state index contributed by atoms with van der Waals surface area (Å²) >= 11 is 7.70. The molecule has 4 nitrogen and oxygen atoms in total. The molecule has 1 aliphatic rings. The number of carbonyl (C=O) groups is 2. The molecule has 1 aliphatic heterocycles. The molecule has 0 saturated carbocycles. The van der Waals surface area contributed by atoms with Crippen molar-refractivity contribution in [1.29, 1.82) is 0 Å². The van der Waals surface area contributed by atoms with Crippen molar-refractivity contribution in [2.45, 2.75) is 25.3 Å². The van der Waals surface area contributed by atoms with Gasteiger partial charge in [-0.05, 0) is 42.0 Å². The van der Waals surface area contributed by atoms with Gasteiger partial charge in [-0.3, -0.25) is 9.59 Å². The molecule has 2 rings (SSSR count). The third-order valence-electron chi connectivity index (χ3n) is 3.56. The number of aliphatic carboxylic acids is 1. The Bertz CT molecular complexity index is 500. The maximum atomic E-state index is 12.3. The number of carboxylic acids is 1. The SMILES string of the molecule is O=C(O)C[C@H](NC(=O)C1CCSCC1)c1ccc(Cl)cc1. The molecular formula is C15H18ClNO3S. The summed E-state index contributed by atoms with van der Waals surface area (Å²) < 4.78 is 0. The molecule has 114 valence electrons. The summed E-state index contributed by atoms with van der Waals surface area (Å²) in [6.07, 6.45) is 1.59. The lowest BCUT2D eigenvalue weighted by atomic mass is 9.99. The first kappa shape index (κ1) is 16.2. The predicted octanol–water partition coefficient (Wildman–Crippen LogP) is 3.12. The Morgan fingerprint density at radius 1 is 1.29 bits per heavy atom. The molecule has 0 spiro atoms. The summed E-state index contributed by atoms with van der Waals surface area (Å²) in [5.74, 6) is 0.992. The van der Waals surface area contributed by atoms with Gasteiger partial charge in [-0.15, -0.1) is 0 Å². The van der Waals surface area contributed by atoms with Crippen LogP contribution in [0.2, 0.25) is 5.02 Å². The Labute approximate surface area is 133 Å². The number of rotatable bonds is 5. The summed E-state index contributed by atoms with van der Waals surface area (Å²) in [6.45, 7) is 0. The zero-order chi connectivity index (χ0) is 15.2. The van der Waals surface area contributed by atoms with Crippen LogP contribution in [0.1, 0.15) is 30.9 Å². The highest BCUT2D eigenvalue weighted by molar-refractivity contribution is 7.99. The topological polar surface area (TPSA) is 66.4 Å². The summed E-state index contributed by atoms with van der Waals surface area (Å²) in [7, 11) is 0. The fraction of sp³-hybridized carbons (Fsp3) is 0.467. The highest BCUT2D eigenvalue weighted by atomic mass is 35.5. The number of hydrogen-bond donors (Lipinski definition) is 2. The Balaban J connectivity index is 2.06. The van der Waals surface area contributed by atoms with Crippen LogP contribution in [0.4, 0.5) is 0 Å². The zero-order valence-electron chi connectivity index (χ0n) is 11.5. The first-order valence-corrected chi connectivity index (χ1v) is 8.45. The molecule has 0 aliphatic carbocycles. The molecule has 1 amide bonds. The minimum atomic E-state index is -0.936. The maximum absolute atomic E-state index is 12.3. The molecule has 1 fully saturated rings. The van der Waals surface area contributed by atoms with Crippen molar-refractivity contribution in [3.05, 3.63) is 34.9 Å². The van der Waals surface area contributed by atoms with Crippen LogP contribution in [0.15, 0.2) is 24.3 Å². The number of carboxylic acid groups (broad SMARTS) is 1. The molecule has 1 atom stereocenters. The summed E-state index contributed by atoms with van der Waals surface area (Å²) in [5, 5.41) is 12.5. The maximum Gasteiger partial charge on any atom is 0.305 e. The molecule has 0 bridgehead atoms. The molecular weight excluding hydrogens is 310 g/mol. The van der Waals surface area contributed by atoms with Crippen LogP contribution in [-0.2, 0) is 9.59 Å². The number of nitrogens with one attached hydrogen (secondary N) is 1. The average Bonchev–Trinajstić information content (AvgIpc) is 2.48. The molecule has 2 N–H and O–H groups in total. The number of carbonyl (C=O) groups excluding carboxylic acids is 1. The fourth-order valence-electron chi connectivity index (χ4n) is 2.37. The van der Waals surface area contributed by atoms with Gasteiger partial charge in [0.2, 0.25) is 5.91 Å². The molecule has 1 saturated heterocycles. The standard InChI is InChI=1S/C15H18ClNO3S/c16-12-3-1-10(2-4-12)13(9-14(18)19)17-15(20)11-5-7-21-8-6-11/h1-4,11,13H,5-9H2,(H,17,20)(H,18,19)/t13-/m0/s1. The van der Waals surface area contributed by atoms with Gasteiger partial charge in [0.05, 0.1) is 12.5 Å². The van der Waals surface area contributed by atoms with Crippen molar-refractivity contribution in [1.82, 2.24) is 5.32 Å². The lowest BCUT2D eigenvalue weighted by Crippen LogP contribution is -2.36. The van der Waals surface area contributed by atoms with Crippen molar-refractivity contribution in [3.8, 4) is 0 Å². The van der Waals surface area contributed by atoms with Gasteiger partial charge in [0.25, 0.3) is 0 Å². The smallest absolute Gasteiger partial charge is 0.305 e. The number of thioether (sulfide) groups is 1. The van der Waals surface area contributed by atoms with E-state index in [0.29, 0.717) is 5.02 Å². The Morgan fingerprint density at radius 2 is 1.90 bits per heavy atom. The van der Waals surface area contributed by atoms with E-state index in [4.69, 9.17) is 16.7 Å². The second kappa shape index (κ2) is 7.71. The Hall–Kier alpha value is -1.20. The quantitative estimate of drug-likeness (QED) is 0.872. The molecule has 0 aromatic heterocycles. The van der Waals surface area contributed by atoms with Crippen molar-refractivity contribution in [2.75, 3.05) is 11.5 Å². The number of hydrogen-bond acceptors (Lipinski definition) is 3. The molecule has 1 aromatic rings. The number of halogens is 1. The highest BCUT2D eigenvalue weighted by Gasteiger charge is 2.25. The number of benzene rings is 1. The summed E-state index contributed by atoms with van der Waals surface area (Å²) in [5.41, 5.74) is 0.764. The van der Waals surface area contributed by atoms with Gasteiger partial charge in [0, 0.05) is 10.9 Å². The lowest BCUT2D eigenvalue weighted by Gasteiger charge is -2.24. The van der Waals surface area contributed by atoms with E-state index in [-0.39, 0.29) is 18.2 Å². The third-order valence-corrected chi connectivity index (χ3v) is 4.86. The molecule has 0 radical (unpaired) electrons. The molecule has 6 heteroatoms. The average molecular weight is 328 g/mol. The first-order chi connectivity index (χ1) is 10.1. The molecule has 0 unspecified atom stereocenters. The van der Waals surface area contributed by atoms with Gasteiger partial charge in [-0.25, -0.2) is 0 Å². The minimum absolute atomic E-state index is 0.00477. The van der Waals surface area contributed by atoms with E-state index in [9.17, 15) is 9.59 Å². The highest BCUT2D eigenvalue weighted by Crippen LogP contribution is 2.25. The van der Waals surface area contributed by atoms with Gasteiger partial charge < -0.3 is 10.4 Å². The van der Waals surface area contributed by atoms with Gasteiger partial charge in [-0.1, -0.05) is 23.7 Å². The van der Waals surface area contributed by atoms with E-state index in [1.165, 1.54) is 0 Å².